The van der Waals surface area contributed by atoms with Gasteiger partial charge in [-0.05, 0) is 25.3 Å². The van der Waals surface area contributed by atoms with Gasteiger partial charge in [0.25, 0.3) is 0 Å². The van der Waals surface area contributed by atoms with Gasteiger partial charge >= 0.3 is 5.97 Å². The third-order valence-corrected chi connectivity index (χ3v) is 3.72. The molecule has 0 saturated carbocycles. The fourth-order valence-corrected chi connectivity index (χ4v) is 2.86. The largest absolute Gasteiger partial charge is 0.465 e. The number of rotatable bonds is 6. The second-order valence-corrected chi connectivity index (χ2v) is 4.76. The van der Waals surface area contributed by atoms with Crippen LogP contribution < -0.4 is 0 Å². The van der Waals surface area contributed by atoms with Crippen LogP contribution in [-0.2, 0) is 9.53 Å². The highest BCUT2D eigenvalue weighted by Gasteiger charge is 2.41. The first-order valence-corrected chi connectivity index (χ1v) is 6.35. The minimum atomic E-state index is -0.117. The summed E-state index contributed by atoms with van der Waals surface area (Å²) >= 11 is 0. The third kappa shape index (κ3) is 3.19. The molecular formula is C14H24NO2+. The molecule has 1 fully saturated rings. The molecule has 1 rings (SSSR count). The number of ether oxygens (including phenoxy) is 1. The summed E-state index contributed by atoms with van der Waals surface area (Å²) in [6.45, 7) is 10.5. The Kier molecular flexibility index (Phi) is 5.42. The molecule has 0 bridgehead atoms. The van der Waals surface area contributed by atoms with Crippen molar-refractivity contribution in [1.29, 1.82) is 0 Å². The van der Waals surface area contributed by atoms with Crippen LogP contribution in [0.5, 0.6) is 0 Å². The van der Waals surface area contributed by atoms with Gasteiger partial charge in [0.15, 0.2) is 6.04 Å². The molecule has 0 aromatic heterocycles. The number of piperidine rings is 1. The first-order valence-electron chi connectivity index (χ1n) is 6.35. The van der Waals surface area contributed by atoms with E-state index in [2.05, 4.69) is 13.2 Å². The topological polar surface area (TPSA) is 26.3 Å². The molecule has 0 aromatic carbocycles. The summed E-state index contributed by atoms with van der Waals surface area (Å²) in [6.07, 6.45) is 8.04. The van der Waals surface area contributed by atoms with Crippen molar-refractivity contribution in [3.8, 4) is 0 Å². The van der Waals surface area contributed by atoms with Crippen LogP contribution in [0.1, 0.15) is 25.7 Å². The second-order valence-electron chi connectivity index (χ2n) is 4.76. The highest BCUT2D eigenvalue weighted by atomic mass is 16.5. The van der Waals surface area contributed by atoms with Gasteiger partial charge in [0.05, 0.1) is 26.7 Å². The van der Waals surface area contributed by atoms with Gasteiger partial charge in [0.2, 0.25) is 0 Å². The van der Waals surface area contributed by atoms with Crippen molar-refractivity contribution in [1.82, 2.24) is 0 Å². The summed E-state index contributed by atoms with van der Waals surface area (Å²) in [5, 5.41) is 0. The van der Waals surface area contributed by atoms with Crippen molar-refractivity contribution in [2.45, 2.75) is 31.7 Å². The molecule has 1 unspecified atom stereocenters. The van der Waals surface area contributed by atoms with E-state index in [1.165, 1.54) is 26.4 Å². The number of quaternary nitrogens is 1. The van der Waals surface area contributed by atoms with Crippen LogP contribution in [0.3, 0.4) is 0 Å². The lowest BCUT2D eigenvalue weighted by Gasteiger charge is -2.45. The Morgan fingerprint density at radius 2 is 1.94 bits per heavy atom. The second kappa shape index (κ2) is 6.60. The smallest absolute Gasteiger partial charge is 0.365 e. The van der Waals surface area contributed by atoms with E-state index in [1.807, 2.05) is 12.2 Å². The summed E-state index contributed by atoms with van der Waals surface area (Å²) in [4.78, 5) is 12.0. The molecule has 17 heavy (non-hydrogen) atoms. The summed E-state index contributed by atoms with van der Waals surface area (Å²) in [5.41, 5.74) is 0. The molecule has 1 saturated heterocycles. The number of hydrogen-bond acceptors (Lipinski definition) is 2. The fourth-order valence-electron chi connectivity index (χ4n) is 2.86. The zero-order valence-electron chi connectivity index (χ0n) is 10.9. The van der Waals surface area contributed by atoms with E-state index in [9.17, 15) is 4.79 Å². The molecule has 0 aliphatic carbocycles. The van der Waals surface area contributed by atoms with Gasteiger partial charge in [0.1, 0.15) is 0 Å². The predicted octanol–water partition coefficient (Wildman–Crippen LogP) is 2.29. The molecular weight excluding hydrogens is 214 g/mol. The van der Waals surface area contributed by atoms with Gasteiger partial charge < -0.3 is 9.22 Å². The fraction of sp³-hybridized carbons (Fsp3) is 0.643. The summed E-state index contributed by atoms with van der Waals surface area (Å²) < 4.78 is 5.75. The molecule has 96 valence electrons. The number of carbonyl (C=O) groups excluding carboxylic acids is 1. The molecule has 3 heteroatoms. The van der Waals surface area contributed by atoms with Crippen LogP contribution in [0.2, 0.25) is 0 Å². The molecule has 1 aliphatic heterocycles. The van der Waals surface area contributed by atoms with Crippen LogP contribution in [0.15, 0.2) is 25.3 Å². The van der Waals surface area contributed by atoms with E-state index >= 15 is 0 Å². The third-order valence-electron chi connectivity index (χ3n) is 3.72. The van der Waals surface area contributed by atoms with Crippen molar-refractivity contribution >= 4 is 5.97 Å². The van der Waals surface area contributed by atoms with E-state index in [1.54, 1.807) is 0 Å². The lowest BCUT2D eigenvalue weighted by Crippen LogP contribution is -2.61. The standard InChI is InChI=1S/C14H24NO2/c1-4-9-13(14(16)17-3)15(10-5-2)11-7-6-8-12-15/h4-5,13H,1-2,6-12H2,3H3/q+1. The molecule has 1 heterocycles. The van der Waals surface area contributed by atoms with E-state index in [0.717, 1.165) is 24.1 Å². The molecule has 0 amide bonds. The first-order chi connectivity index (χ1) is 8.20. The number of carbonyl (C=O) groups is 1. The van der Waals surface area contributed by atoms with Crippen LogP contribution in [-0.4, -0.2) is 43.2 Å². The normalized spacial score (nSPS) is 20.3. The molecule has 3 nitrogen and oxygen atoms in total. The Hall–Kier alpha value is -1.09. The highest BCUT2D eigenvalue weighted by molar-refractivity contribution is 5.74. The summed E-state index contributed by atoms with van der Waals surface area (Å²) in [7, 11) is 1.47. The van der Waals surface area contributed by atoms with Crippen LogP contribution >= 0.6 is 0 Å². The Balaban J connectivity index is 2.93. The van der Waals surface area contributed by atoms with Gasteiger partial charge in [-0.15, -0.1) is 6.58 Å². The number of methoxy groups -OCH3 is 1. The minimum Gasteiger partial charge on any atom is -0.465 e. The van der Waals surface area contributed by atoms with Crippen molar-refractivity contribution in [3.05, 3.63) is 25.3 Å². The van der Waals surface area contributed by atoms with E-state index in [0.29, 0.717) is 6.42 Å². The molecule has 1 aliphatic rings. The lowest BCUT2D eigenvalue weighted by molar-refractivity contribution is -0.942. The van der Waals surface area contributed by atoms with Crippen molar-refractivity contribution in [2.75, 3.05) is 26.7 Å². The van der Waals surface area contributed by atoms with Gasteiger partial charge in [-0.3, -0.25) is 0 Å². The Labute approximate surface area is 104 Å². The molecule has 0 aromatic rings. The minimum absolute atomic E-state index is 0.115. The number of esters is 1. The SMILES string of the molecule is C=CCC(C(=O)OC)[N+]1(CC=C)CCCCC1. The average molecular weight is 238 g/mol. The molecule has 1 atom stereocenters. The van der Waals surface area contributed by atoms with Gasteiger partial charge in [0, 0.05) is 6.42 Å². The van der Waals surface area contributed by atoms with E-state index in [4.69, 9.17) is 4.74 Å². The van der Waals surface area contributed by atoms with E-state index in [-0.39, 0.29) is 12.0 Å². The van der Waals surface area contributed by atoms with Crippen molar-refractivity contribution in [3.63, 3.8) is 0 Å². The summed E-state index contributed by atoms with van der Waals surface area (Å²) in [6, 6.07) is -0.115. The average Bonchev–Trinajstić information content (AvgIpc) is 2.36. The molecule has 0 radical (unpaired) electrons. The van der Waals surface area contributed by atoms with Crippen molar-refractivity contribution < 1.29 is 14.0 Å². The maximum Gasteiger partial charge on any atom is 0.365 e. The molecule has 0 spiro atoms. The Bertz CT molecular complexity index is 280. The number of hydrogen-bond donors (Lipinski definition) is 0. The maximum absolute atomic E-state index is 12.0. The van der Waals surface area contributed by atoms with Crippen LogP contribution in [0, 0.1) is 0 Å². The number of nitrogens with zero attached hydrogens (tertiary/aromatic N) is 1. The van der Waals surface area contributed by atoms with Gasteiger partial charge in [-0.2, -0.15) is 0 Å². The lowest BCUT2D eigenvalue weighted by atomic mass is 10.0. The molecule has 0 N–H and O–H groups in total. The summed E-state index contributed by atoms with van der Waals surface area (Å²) in [5.74, 6) is -0.117. The van der Waals surface area contributed by atoms with Crippen LogP contribution in [0.25, 0.3) is 0 Å². The first kappa shape index (κ1) is 14.0. The number of likely N-dealkylation sites (tertiary alicyclic amines) is 1. The van der Waals surface area contributed by atoms with Gasteiger partial charge in [-0.1, -0.05) is 12.7 Å². The van der Waals surface area contributed by atoms with Crippen LogP contribution in [0.4, 0.5) is 0 Å². The zero-order chi connectivity index (χ0) is 12.7. The van der Waals surface area contributed by atoms with E-state index < -0.39 is 0 Å². The quantitative estimate of drug-likeness (QED) is 0.403. The Morgan fingerprint density at radius 1 is 1.29 bits per heavy atom. The van der Waals surface area contributed by atoms with Crippen molar-refractivity contribution in [2.24, 2.45) is 0 Å². The van der Waals surface area contributed by atoms with Gasteiger partial charge in [-0.25, -0.2) is 4.79 Å². The Morgan fingerprint density at radius 3 is 2.41 bits per heavy atom. The zero-order valence-corrected chi connectivity index (χ0v) is 10.9. The highest BCUT2D eigenvalue weighted by Crippen LogP contribution is 2.26. The monoisotopic (exact) mass is 238 g/mol. The predicted molar refractivity (Wildman–Crippen MR) is 69.5 cm³/mol. The maximum atomic E-state index is 12.0.